The van der Waals surface area contributed by atoms with E-state index in [1.165, 1.54) is 0 Å². The van der Waals surface area contributed by atoms with Crippen LogP contribution in [0.25, 0.3) is 0 Å². The molecule has 0 saturated carbocycles. The summed E-state index contributed by atoms with van der Waals surface area (Å²) in [6.07, 6.45) is 1.73. The molecule has 2 aromatic rings. The quantitative estimate of drug-likeness (QED) is 0.648. The van der Waals surface area contributed by atoms with Crippen molar-refractivity contribution in [3.8, 4) is 0 Å². The summed E-state index contributed by atoms with van der Waals surface area (Å²) in [4.78, 5) is 1.98. The maximum absolute atomic E-state index is 8.91. The number of aliphatic hydroxyl groups is 1. The minimum atomic E-state index is 0.137. The van der Waals surface area contributed by atoms with Crippen LogP contribution >= 0.6 is 12.2 Å². The van der Waals surface area contributed by atoms with Gasteiger partial charge in [-0.05, 0) is 36.8 Å². The number of hydrogen-bond acceptors (Lipinski definition) is 5. The van der Waals surface area contributed by atoms with E-state index < -0.39 is 0 Å². The Balaban J connectivity index is 2.13. The molecule has 2 rings (SSSR count). The third-order valence-electron chi connectivity index (χ3n) is 2.90. The lowest BCUT2D eigenvalue weighted by atomic mass is 10.2. The molecule has 7 heteroatoms. The molecule has 0 spiro atoms. The van der Waals surface area contributed by atoms with Gasteiger partial charge < -0.3 is 10.0 Å². The maximum atomic E-state index is 8.91. The number of aromatic nitrogens is 3. The Morgan fingerprint density at radius 3 is 2.70 bits per heavy atom. The lowest BCUT2D eigenvalue weighted by Gasteiger charge is -2.17. The Bertz CT molecular complexity index is 644. The number of aromatic amines is 1. The van der Waals surface area contributed by atoms with Gasteiger partial charge in [0.25, 0.3) is 0 Å². The summed E-state index contributed by atoms with van der Waals surface area (Å²) in [5.41, 5.74) is 2.01. The number of likely N-dealkylation sites (N-methyl/N-ethyl adjacent to an activating group) is 1. The highest BCUT2D eigenvalue weighted by molar-refractivity contribution is 7.71. The lowest BCUT2D eigenvalue weighted by Crippen LogP contribution is -2.20. The summed E-state index contributed by atoms with van der Waals surface area (Å²) in [5.74, 6) is 0.713. The topological polar surface area (TPSA) is 69.4 Å². The van der Waals surface area contributed by atoms with Gasteiger partial charge in [-0.15, -0.1) is 0 Å². The van der Waals surface area contributed by atoms with E-state index >= 15 is 0 Å². The standard InChI is InChI=1S/C13H17N5OS/c1-10-15-16-13(20)18(10)14-9-11-3-5-12(6-4-11)17(2)7-8-19/h3-6,9,19H,7-8H2,1-2H3,(H,16,20)/b14-9-. The van der Waals surface area contributed by atoms with Crippen LogP contribution in [0.1, 0.15) is 11.4 Å². The van der Waals surface area contributed by atoms with Gasteiger partial charge in [0.2, 0.25) is 4.77 Å². The number of benzene rings is 1. The van der Waals surface area contributed by atoms with Crippen molar-refractivity contribution in [1.29, 1.82) is 0 Å². The maximum Gasteiger partial charge on any atom is 0.216 e. The van der Waals surface area contributed by atoms with Crippen molar-refractivity contribution in [1.82, 2.24) is 14.9 Å². The summed E-state index contributed by atoms with van der Waals surface area (Å²) in [7, 11) is 1.94. The molecular weight excluding hydrogens is 274 g/mol. The summed E-state index contributed by atoms with van der Waals surface area (Å²) in [5, 5.41) is 19.9. The number of rotatable bonds is 5. The molecular formula is C13H17N5OS. The van der Waals surface area contributed by atoms with Gasteiger partial charge in [-0.3, -0.25) is 5.10 Å². The highest BCUT2D eigenvalue weighted by Gasteiger charge is 2.00. The van der Waals surface area contributed by atoms with Crippen LogP contribution in [0.3, 0.4) is 0 Å². The Hall–Kier alpha value is -1.99. The van der Waals surface area contributed by atoms with Gasteiger partial charge >= 0.3 is 0 Å². The van der Waals surface area contributed by atoms with E-state index in [0.29, 0.717) is 17.1 Å². The van der Waals surface area contributed by atoms with Crippen LogP contribution in [0.2, 0.25) is 0 Å². The van der Waals surface area contributed by atoms with Crippen molar-refractivity contribution in [2.45, 2.75) is 6.92 Å². The molecule has 0 aliphatic carbocycles. The SMILES string of the molecule is Cc1n[nH]c(=S)n1/N=C\c1ccc(N(C)CCO)cc1. The fraction of sp³-hybridized carbons (Fsp3) is 0.308. The van der Waals surface area contributed by atoms with Crippen molar-refractivity contribution >= 4 is 24.1 Å². The van der Waals surface area contributed by atoms with E-state index in [2.05, 4.69) is 15.3 Å². The first-order chi connectivity index (χ1) is 9.61. The fourth-order valence-electron chi connectivity index (χ4n) is 1.72. The van der Waals surface area contributed by atoms with Crippen LogP contribution in [-0.4, -0.2) is 46.4 Å². The average Bonchev–Trinajstić information content (AvgIpc) is 2.77. The smallest absolute Gasteiger partial charge is 0.216 e. The molecule has 6 nitrogen and oxygen atoms in total. The second-order valence-electron chi connectivity index (χ2n) is 4.37. The largest absolute Gasteiger partial charge is 0.395 e. The molecule has 0 fully saturated rings. The zero-order valence-corrected chi connectivity index (χ0v) is 12.3. The van der Waals surface area contributed by atoms with E-state index in [1.54, 1.807) is 10.9 Å². The van der Waals surface area contributed by atoms with E-state index in [9.17, 15) is 0 Å². The van der Waals surface area contributed by atoms with Gasteiger partial charge in [0.15, 0.2) is 0 Å². The molecule has 0 aliphatic rings. The van der Waals surface area contributed by atoms with Crippen molar-refractivity contribution in [2.24, 2.45) is 5.10 Å². The number of H-pyrrole nitrogens is 1. The highest BCUT2D eigenvalue weighted by atomic mass is 32.1. The number of anilines is 1. The van der Waals surface area contributed by atoms with E-state index in [4.69, 9.17) is 17.3 Å². The molecule has 2 N–H and O–H groups in total. The zero-order valence-electron chi connectivity index (χ0n) is 11.4. The molecule has 0 bridgehead atoms. The van der Waals surface area contributed by atoms with Gasteiger partial charge in [-0.2, -0.15) is 14.9 Å². The summed E-state index contributed by atoms with van der Waals surface area (Å²) in [6, 6.07) is 7.90. The predicted octanol–water partition coefficient (Wildman–Crippen LogP) is 1.56. The Morgan fingerprint density at radius 2 is 2.15 bits per heavy atom. The van der Waals surface area contributed by atoms with Crippen molar-refractivity contribution < 1.29 is 5.11 Å². The number of nitrogens with zero attached hydrogens (tertiary/aromatic N) is 4. The third-order valence-corrected chi connectivity index (χ3v) is 3.17. The Kier molecular flexibility index (Phi) is 4.65. The molecule has 0 radical (unpaired) electrons. The average molecular weight is 291 g/mol. The molecule has 0 aliphatic heterocycles. The minimum absolute atomic E-state index is 0.137. The van der Waals surface area contributed by atoms with Crippen LogP contribution in [0.4, 0.5) is 5.69 Å². The van der Waals surface area contributed by atoms with Gasteiger partial charge in [-0.1, -0.05) is 12.1 Å². The second-order valence-corrected chi connectivity index (χ2v) is 4.76. The van der Waals surface area contributed by atoms with E-state index in [0.717, 1.165) is 11.3 Å². The zero-order chi connectivity index (χ0) is 14.5. The van der Waals surface area contributed by atoms with Gasteiger partial charge in [0.05, 0.1) is 12.8 Å². The van der Waals surface area contributed by atoms with Gasteiger partial charge in [0.1, 0.15) is 5.82 Å². The molecule has 0 unspecified atom stereocenters. The monoisotopic (exact) mass is 291 g/mol. The number of aryl methyl sites for hydroxylation is 1. The molecule has 106 valence electrons. The predicted molar refractivity (Wildman–Crippen MR) is 81.9 cm³/mol. The molecule has 1 heterocycles. The first-order valence-electron chi connectivity index (χ1n) is 6.22. The number of hydrogen-bond donors (Lipinski definition) is 2. The van der Waals surface area contributed by atoms with Crippen LogP contribution < -0.4 is 4.90 Å². The Labute approximate surface area is 122 Å². The number of aliphatic hydroxyl groups excluding tert-OH is 1. The lowest BCUT2D eigenvalue weighted by molar-refractivity contribution is 0.304. The van der Waals surface area contributed by atoms with Gasteiger partial charge in [0, 0.05) is 19.3 Å². The fourth-order valence-corrected chi connectivity index (χ4v) is 1.95. The molecule has 0 saturated heterocycles. The van der Waals surface area contributed by atoms with Gasteiger partial charge in [-0.25, -0.2) is 0 Å². The summed E-state index contributed by atoms with van der Waals surface area (Å²) >= 11 is 5.07. The molecule has 0 amide bonds. The van der Waals surface area contributed by atoms with Crippen molar-refractivity contribution in [2.75, 3.05) is 25.1 Å². The normalized spacial score (nSPS) is 11.2. The van der Waals surface area contributed by atoms with Crippen LogP contribution in [0.5, 0.6) is 0 Å². The van der Waals surface area contributed by atoms with Crippen molar-refractivity contribution in [3.63, 3.8) is 0 Å². The van der Waals surface area contributed by atoms with E-state index in [-0.39, 0.29) is 6.61 Å². The first kappa shape index (κ1) is 14.4. The summed E-state index contributed by atoms with van der Waals surface area (Å²) < 4.78 is 2.04. The second kappa shape index (κ2) is 6.44. The Morgan fingerprint density at radius 1 is 1.45 bits per heavy atom. The minimum Gasteiger partial charge on any atom is -0.395 e. The molecule has 20 heavy (non-hydrogen) atoms. The molecule has 1 aromatic carbocycles. The third kappa shape index (κ3) is 3.31. The van der Waals surface area contributed by atoms with Crippen molar-refractivity contribution in [3.05, 3.63) is 40.4 Å². The van der Waals surface area contributed by atoms with Crippen LogP contribution in [0, 0.1) is 11.7 Å². The highest BCUT2D eigenvalue weighted by Crippen LogP contribution is 2.12. The molecule has 1 aromatic heterocycles. The van der Waals surface area contributed by atoms with Crippen LogP contribution in [0.15, 0.2) is 29.4 Å². The molecule has 0 atom stereocenters. The summed E-state index contributed by atoms with van der Waals surface area (Å²) in [6.45, 7) is 2.57. The first-order valence-corrected chi connectivity index (χ1v) is 6.63. The number of nitrogens with one attached hydrogen (secondary N) is 1. The van der Waals surface area contributed by atoms with E-state index in [1.807, 2.05) is 43.1 Å². The van der Waals surface area contributed by atoms with Crippen LogP contribution in [-0.2, 0) is 0 Å².